The second kappa shape index (κ2) is 4.95. The molecule has 7 heteroatoms. The fraction of sp³-hybridized carbons (Fsp3) is 0.0769. The van der Waals surface area contributed by atoms with Gasteiger partial charge < -0.3 is 0 Å². The zero-order valence-electron chi connectivity index (χ0n) is 9.82. The predicted molar refractivity (Wildman–Crippen MR) is 78.9 cm³/mol. The fourth-order valence-corrected chi connectivity index (χ4v) is 3.82. The van der Waals surface area contributed by atoms with Gasteiger partial charge in [0, 0.05) is 9.35 Å². The van der Waals surface area contributed by atoms with E-state index in [0.29, 0.717) is 14.5 Å². The highest BCUT2D eigenvalue weighted by Crippen LogP contribution is 2.38. The topological polar surface area (TPSA) is 37.4 Å². The van der Waals surface area contributed by atoms with Crippen molar-refractivity contribution in [1.82, 2.24) is 0 Å². The molecule has 1 amide bonds. The van der Waals surface area contributed by atoms with E-state index in [9.17, 15) is 14.0 Å². The third-order valence-corrected chi connectivity index (χ3v) is 4.75. The molecular weight excluding hydrogens is 369 g/mol. The van der Waals surface area contributed by atoms with Gasteiger partial charge in [0.1, 0.15) is 5.82 Å². The van der Waals surface area contributed by atoms with Gasteiger partial charge in [-0.05, 0) is 40.2 Å². The molecule has 20 heavy (non-hydrogen) atoms. The molecule has 2 aromatic rings. The summed E-state index contributed by atoms with van der Waals surface area (Å²) < 4.78 is 14.3. The molecule has 0 fully saturated rings. The molecule has 0 aliphatic carbocycles. The largest absolute Gasteiger partial charge is 0.299 e. The Hall–Kier alpha value is -1.24. The highest BCUT2D eigenvalue weighted by molar-refractivity contribution is 9.10. The summed E-state index contributed by atoms with van der Waals surface area (Å²) in [5, 5.41) is 0. The van der Waals surface area contributed by atoms with Crippen LogP contribution in [0.3, 0.4) is 0 Å². The van der Waals surface area contributed by atoms with E-state index in [-0.39, 0.29) is 12.1 Å². The molecule has 3 nitrogen and oxygen atoms in total. The molecule has 0 N–H and O–H groups in total. The molecule has 3 rings (SSSR count). The van der Waals surface area contributed by atoms with Crippen LogP contribution in [0.15, 0.2) is 28.7 Å². The Bertz CT molecular complexity index is 746. The van der Waals surface area contributed by atoms with Gasteiger partial charge in [0.25, 0.3) is 11.7 Å². The lowest BCUT2D eigenvalue weighted by Gasteiger charge is -2.16. The number of carbonyl (C=O) groups excluding carboxylic acids is 2. The van der Waals surface area contributed by atoms with Gasteiger partial charge in [-0.1, -0.05) is 11.6 Å². The molecule has 1 aliphatic rings. The fourth-order valence-electron chi connectivity index (χ4n) is 2.10. The maximum atomic E-state index is 13.4. The van der Waals surface area contributed by atoms with E-state index in [2.05, 4.69) is 15.9 Å². The van der Waals surface area contributed by atoms with Gasteiger partial charge in [-0.3, -0.25) is 14.5 Å². The van der Waals surface area contributed by atoms with Crippen molar-refractivity contribution in [1.29, 1.82) is 0 Å². The molecule has 1 aromatic heterocycles. The van der Waals surface area contributed by atoms with E-state index >= 15 is 0 Å². The SMILES string of the molecule is O=C1C(=O)N(Cc2ccc(Cl)s2)c2c(Br)cc(F)cc21. The maximum Gasteiger partial charge on any atom is 0.299 e. The van der Waals surface area contributed by atoms with Crippen LogP contribution in [0.5, 0.6) is 0 Å². The summed E-state index contributed by atoms with van der Waals surface area (Å²) in [4.78, 5) is 26.1. The number of hydrogen-bond acceptors (Lipinski definition) is 3. The second-order valence-corrected chi connectivity index (χ2v) is 6.86. The number of amides is 1. The number of Topliss-reactive ketones (excluding diaryl/α,β-unsaturated/α-hetero) is 1. The lowest BCUT2D eigenvalue weighted by molar-refractivity contribution is -0.114. The molecule has 0 radical (unpaired) electrons. The standard InChI is InChI=1S/C13H6BrClFNO2S/c14-9-4-6(16)3-8-11(9)17(13(19)12(8)18)5-7-1-2-10(15)20-7/h1-4H,5H2. The maximum absolute atomic E-state index is 13.4. The predicted octanol–water partition coefficient (Wildman–Crippen LogP) is 4.03. The van der Waals surface area contributed by atoms with Crippen molar-refractivity contribution < 1.29 is 14.0 Å². The number of ketones is 1. The van der Waals surface area contributed by atoms with Crippen LogP contribution in [0, 0.1) is 5.82 Å². The number of fused-ring (bicyclic) bond motifs is 1. The van der Waals surface area contributed by atoms with Gasteiger partial charge in [-0.2, -0.15) is 0 Å². The van der Waals surface area contributed by atoms with Gasteiger partial charge >= 0.3 is 0 Å². The lowest BCUT2D eigenvalue weighted by Crippen LogP contribution is -2.28. The third-order valence-electron chi connectivity index (χ3n) is 2.92. The van der Waals surface area contributed by atoms with Crippen molar-refractivity contribution in [3.63, 3.8) is 0 Å². The molecule has 0 bridgehead atoms. The minimum atomic E-state index is -0.692. The Kier molecular flexibility index (Phi) is 3.40. The Morgan fingerprint density at radius 2 is 2.05 bits per heavy atom. The van der Waals surface area contributed by atoms with Crippen LogP contribution in [0.1, 0.15) is 15.2 Å². The molecule has 1 aliphatic heterocycles. The first kappa shape index (κ1) is 13.7. The monoisotopic (exact) mass is 373 g/mol. The Balaban J connectivity index is 2.06. The van der Waals surface area contributed by atoms with Crippen molar-refractivity contribution in [2.45, 2.75) is 6.54 Å². The normalized spacial score (nSPS) is 14.1. The Morgan fingerprint density at radius 3 is 2.70 bits per heavy atom. The van der Waals surface area contributed by atoms with Gasteiger partial charge in [0.05, 0.1) is 22.1 Å². The molecule has 0 unspecified atom stereocenters. The average Bonchev–Trinajstić information content (AvgIpc) is 2.88. The van der Waals surface area contributed by atoms with Gasteiger partial charge in [-0.25, -0.2) is 4.39 Å². The summed E-state index contributed by atoms with van der Waals surface area (Å²) in [6.07, 6.45) is 0. The second-order valence-electron chi connectivity index (χ2n) is 4.21. The molecular formula is C13H6BrClFNO2S. The third kappa shape index (κ3) is 2.17. The van der Waals surface area contributed by atoms with Crippen LogP contribution in [0.25, 0.3) is 0 Å². The number of benzene rings is 1. The zero-order chi connectivity index (χ0) is 14.4. The van der Waals surface area contributed by atoms with Gasteiger partial charge in [-0.15, -0.1) is 11.3 Å². The lowest BCUT2D eigenvalue weighted by atomic mass is 10.1. The van der Waals surface area contributed by atoms with E-state index in [0.717, 1.165) is 10.9 Å². The summed E-state index contributed by atoms with van der Waals surface area (Å²) in [5.41, 5.74) is 0.496. The van der Waals surface area contributed by atoms with Crippen molar-refractivity contribution in [3.05, 3.63) is 49.3 Å². The van der Waals surface area contributed by atoms with Crippen molar-refractivity contribution >= 4 is 56.2 Å². The van der Waals surface area contributed by atoms with Crippen LogP contribution in [-0.4, -0.2) is 11.7 Å². The van der Waals surface area contributed by atoms with Crippen LogP contribution in [-0.2, 0) is 11.3 Å². The number of carbonyl (C=O) groups is 2. The summed E-state index contributed by atoms with van der Waals surface area (Å²) in [6, 6.07) is 5.84. The van der Waals surface area contributed by atoms with E-state index < -0.39 is 17.5 Å². The van der Waals surface area contributed by atoms with E-state index in [1.165, 1.54) is 22.3 Å². The average molecular weight is 375 g/mol. The number of halogens is 3. The molecule has 102 valence electrons. The molecule has 0 spiro atoms. The Morgan fingerprint density at radius 1 is 1.30 bits per heavy atom. The number of hydrogen-bond donors (Lipinski definition) is 0. The van der Waals surface area contributed by atoms with Gasteiger partial charge in [0.2, 0.25) is 0 Å². The molecule has 2 heterocycles. The number of nitrogens with zero attached hydrogens (tertiary/aromatic N) is 1. The van der Waals surface area contributed by atoms with Crippen LogP contribution in [0.4, 0.5) is 10.1 Å². The first-order valence-corrected chi connectivity index (χ1v) is 7.55. The summed E-state index contributed by atoms with van der Waals surface area (Å²) in [5.74, 6) is -1.91. The molecule has 0 atom stereocenters. The van der Waals surface area contributed by atoms with Crippen molar-refractivity contribution in [2.24, 2.45) is 0 Å². The number of anilines is 1. The van der Waals surface area contributed by atoms with E-state index in [1.54, 1.807) is 12.1 Å². The molecule has 0 saturated carbocycles. The first-order chi connectivity index (χ1) is 9.47. The van der Waals surface area contributed by atoms with Gasteiger partial charge in [0.15, 0.2) is 0 Å². The number of rotatable bonds is 2. The quantitative estimate of drug-likeness (QED) is 0.744. The Labute approximate surface area is 131 Å². The summed E-state index contributed by atoms with van der Waals surface area (Å²) >= 11 is 10.4. The van der Waals surface area contributed by atoms with Crippen molar-refractivity contribution in [3.8, 4) is 0 Å². The van der Waals surface area contributed by atoms with Crippen LogP contribution < -0.4 is 4.90 Å². The minimum absolute atomic E-state index is 0.0875. The molecule has 0 saturated heterocycles. The summed E-state index contributed by atoms with van der Waals surface area (Å²) in [7, 11) is 0. The highest BCUT2D eigenvalue weighted by atomic mass is 79.9. The van der Waals surface area contributed by atoms with E-state index in [1.807, 2.05) is 0 Å². The smallest absolute Gasteiger partial charge is 0.298 e. The molecule has 1 aromatic carbocycles. The zero-order valence-corrected chi connectivity index (χ0v) is 13.0. The number of thiophene rings is 1. The van der Waals surface area contributed by atoms with Crippen LogP contribution >= 0.6 is 38.9 Å². The van der Waals surface area contributed by atoms with E-state index in [4.69, 9.17) is 11.6 Å². The van der Waals surface area contributed by atoms with Crippen LogP contribution in [0.2, 0.25) is 4.34 Å². The first-order valence-electron chi connectivity index (χ1n) is 5.57. The summed E-state index contributed by atoms with van der Waals surface area (Å²) in [6.45, 7) is 0.235. The highest BCUT2D eigenvalue weighted by Gasteiger charge is 2.38. The van der Waals surface area contributed by atoms with Crippen molar-refractivity contribution in [2.75, 3.05) is 4.90 Å². The minimum Gasteiger partial charge on any atom is -0.298 e.